The Hall–Kier alpha value is -1.32. The Kier molecular flexibility index (Phi) is 4.79. The lowest BCUT2D eigenvalue weighted by Gasteiger charge is -2.02. The highest BCUT2D eigenvalue weighted by atomic mass is 35.5. The monoisotopic (exact) mass is 263 g/mol. The van der Waals surface area contributed by atoms with Gasteiger partial charge in [0.1, 0.15) is 0 Å². The van der Waals surface area contributed by atoms with Crippen LogP contribution in [-0.4, -0.2) is 22.6 Å². The van der Waals surface area contributed by atoms with Gasteiger partial charge in [-0.2, -0.15) is 0 Å². The summed E-state index contributed by atoms with van der Waals surface area (Å²) in [5.74, 6) is 0. The van der Waals surface area contributed by atoms with Gasteiger partial charge in [0.25, 0.3) is 0 Å². The maximum Gasteiger partial charge on any atom is 0.0952 e. The standard InChI is InChI=1S/C14H18ClN3/c1-2-16-8-7-14-10-18(11-17-14)9-12-3-5-13(15)6-4-12/h3-6,10-11,16H,2,7-9H2,1H3. The van der Waals surface area contributed by atoms with E-state index in [1.165, 1.54) is 5.56 Å². The van der Waals surface area contributed by atoms with Gasteiger partial charge in [-0.1, -0.05) is 30.7 Å². The van der Waals surface area contributed by atoms with Crippen molar-refractivity contribution in [1.82, 2.24) is 14.9 Å². The zero-order valence-electron chi connectivity index (χ0n) is 10.6. The number of benzene rings is 1. The first kappa shape index (κ1) is 13.1. The summed E-state index contributed by atoms with van der Waals surface area (Å²) in [6.45, 7) is 4.93. The van der Waals surface area contributed by atoms with Crippen LogP contribution in [0.1, 0.15) is 18.2 Å². The number of likely N-dealkylation sites (N-methyl/N-ethyl adjacent to an activating group) is 1. The molecule has 18 heavy (non-hydrogen) atoms. The van der Waals surface area contributed by atoms with E-state index < -0.39 is 0 Å². The van der Waals surface area contributed by atoms with Crippen LogP contribution >= 0.6 is 11.6 Å². The molecule has 2 rings (SSSR count). The second-order valence-corrected chi connectivity index (χ2v) is 4.70. The predicted octanol–water partition coefficient (Wildman–Crippen LogP) is 2.74. The van der Waals surface area contributed by atoms with Crippen molar-refractivity contribution < 1.29 is 0 Å². The lowest BCUT2D eigenvalue weighted by molar-refractivity contribution is 0.708. The minimum atomic E-state index is 0.774. The van der Waals surface area contributed by atoms with E-state index in [4.69, 9.17) is 11.6 Å². The van der Waals surface area contributed by atoms with E-state index in [0.29, 0.717) is 0 Å². The van der Waals surface area contributed by atoms with Crippen molar-refractivity contribution >= 4 is 11.6 Å². The van der Waals surface area contributed by atoms with E-state index in [-0.39, 0.29) is 0 Å². The van der Waals surface area contributed by atoms with E-state index >= 15 is 0 Å². The van der Waals surface area contributed by atoms with E-state index in [0.717, 1.165) is 36.8 Å². The number of aromatic nitrogens is 2. The van der Waals surface area contributed by atoms with Crippen molar-refractivity contribution in [3.05, 3.63) is 53.1 Å². The molecule has 3 nitrogen and oxygen atoms in total. The highest BCUT2D eigenvalue weighted by Gasteiger charge is 2.00. The van der Waals surface area contributed by atoms with Crippen LogP contribution in [0, 0.1) is 0 Å². The van der Waals surface area contributed by atoms with Crippen molar-refractivity contribution in [3.63, 3.8) is 0 Å². The third-order valence-electron chi connectivity index (χ3n) is 2.77. The van der Waals surface area contributed by atoms with Gasteiger partial charge in [-0.15, -0.1) is 0 Å². The molecule has 96 valence electrons. The predicted molar refractivity (Wildman–Crippen MR) is 75.0 cm³/mol. The fourth-order valence-electron chi connectivity index (χ4n) is 1.82. The topological polar surface area (TPSA) is 29.9 Å². The highest BCUT2D eigenvalue weighted by Crippen LogP contribution is 2.11. The van der Waals surface area contributed by atoms with Crippen LogP contribution in [0.5, 0.6) is 0 Å². The fourth-order valence-corrected chi connectivity index (χ4v) is 1.94. The largest absolute Gasteiger partial charge is 0.333 e. The van der Waals surface area contributed by atoms with Crippen LogP contribution in [0.15, 0.2) is 36.8 Å². The summed E-state index contributed by atoms with van der Waals surface area (Å²) < 4.78 is 2.10. The number of nitrogens with zero attached hydrogens (tertiary/aromatic N) is 2. The highest BCUT2D eigenvalue weighted by molar-refractivity contribution is 6.30. The lowest BCUT2D eigenvalue weighted by atomic mass is 10.2. The van der Waals surface area contributed by atoms with Crippen LogP contribution in [-0.2, 0) is 13.0 Å². The normalized spacial score (nSPS) is 10.8. The van der Waals surface area contributed by atoms with Gasteiger partial charge in [-0.05, 0) is 24.2 Å². The molecule has 0 aliphatic heterocycles. The Balaban J connectivity index is 1.91. The molecule has 0 aliphatic rings. The van der Waals surface area contributed by atoms with Gasteiger partial charge in [-0.25, -0.2) is 4.98 Å². The van der Waals surface area contributed by atoms with Crippen molar-refractivity contribution in [2.24, 2.45) is 0 Å². The van der Waals surface area contributed by atoms with E-state index in [9.17, 15) is 0 Å². The minimum Gasteiger partial charge on any atom is -0.333 e. The summed E-state index contributed by atoms with van der Waals surface area (Å²) in [5.41, 5.74) is 2.36. The molecule has 0 amide bonds. The molecular weight excluding hydrogens is 246 g/mol. The lowest BCUT2D eigenvalue weighted by Crippen LogP contribution is -2.16. The van der Waals surface area contributed by atoms with Gasteiger partial charge in [0.2, 0.25) is 0 Å². The number of hydrogen-bond donors (Lipinski definition) is 1. The molecule has 0 aliphatic carbocycles. The molecule has 0 radical (unpaired) electrons. The van der Waals surface area contributed by atoms with Crippen molar-refractivity contribution in [2.45, 2.75) is 19.9 Å². The minimum absolute atomic E-state index is 0.774. The van der Waals surface area contributed by atoms with Crippen LogP contribution in [0.2, 0.25) is 5.02 Å². The first-order chi connectivity index (χ1) is 8.78. The molecule has 0 saturated heterocycles. The van der Waals surface area contributed by atoms with Gasteiger partial charge >= 0.3 is 0 Å². The summed E-state index contributed by atoms with van der Waals surface area (Å²) in [6, 6.07) is 7.92. The average Bonchev–Trinajstić information content (AvgIpc) is 2.80. The molecule has 1 heterocycles. The van der Waals surface area contributed by atoms with E-state index in [2.05, 4.69) is 28.0 Å². The van der Waals surface area contributed by atoms with E-state index in [1.54, 1.807) is 0 Å². The number of hydrogen-bond acceptors (Lipinski definition) is 2. The van der Waals surface area contributed by atoms with Crippen molar-refractivity contribution in [1.29, 1.82) is 0 Å². The van der Waals surface area contributed by atoms with Crippen LogP contribution < -0.4 is 5.32 Å². The zero-order chi connectivity index (χ0) is 12.8. The molecule has 0 saturated carbocycles. The van der Waals surface area contributed by atoms with E-state index in [1.807, 2.05) is 30.6 Å². The Morgan fingerprint density at radius 1 is 1.28 bits per heavy atom. The maximum absolute atomic E-state index is 5.86. The molecule has 0 spiro atoms. The maximum atomic E-state index is 5.86. The Labute approximate surface area is 113 Å². The molecule has 0 bridgehead atoms. The second kappa shape index (κ2) is 6.57. The summed E-state index contributed by atoms with van der Waals surface area (Å²) in [4.78, 5) is 4.40. The average molecular weight is 264 g/mol. The molecule has 0 fully saturated rings. The van der Waals surface area contributed by atoms with Crippen LogP contribution in [0.3, 0.4) is 0 Å². The first-order valence-electron chi connectivity index (χ1n) is 6.23. The van der Waals surface area contributed by atoms with Gasteiger partial charge in [0.15, 0.2) is 0 Å². The summed E-state index contributed by atoms with van der Waals surface area (Å²) in [5, 5.41) is 4.07. The number of imidazole rings is 1. The molecule has 1 N–H and O–H groups in total. The second-order valence-electron chi connectivity index (χ2n) is 4.27. The Morgan fingerprint density at radius 2 is 2.06 bits per heavy atom. The molecule has 4 heteroatoms. The molecule has 0 unspecified atom stereocenters. The van der Waals surface area contributed by atoms with Gasteiger partial charge in [0.05, 0.1) is 12.0 Å². The number of nitrogens with one attached hydrogen (secondary N) is 1. The molecule has 1 aromatic heterocycles. The summed E-state index contributed by atoms with van der Waals surface area (Å²) in [7, 11) is 0. The van der Waals surface area contributed by atoms with Crippen molar-refractivity contribution in [3.8, 4) is 0 Å². The van der Waals surface area contributed by atoms with Crippen LogP contribution in [0.4, 0.5) is 0 Å². The molecule has 2 aromatic rings. The summed E-state index contributed by atoms with van der Waals surface area (Å²) in [6.07, 6.45) is 4.96. The molecular formula is C14H18ClN3. The number of rotatable bonds is 6. The Morgan fingerprint density at radius 3 is 2.78 bits per heavy atom. The quantitative estimate of drug-likeness (QED) is 0.813. The number of halogens is 1. The molecule has 1 aromatic carbocycles. The zero-order valence-corrected chi connectivity index (χ0v) is 11.3. The van der Waals surface area contributed by atoms with Gasteiger partial charge in [-0.3, -0.25) is 0 Å². The summed E-state index contributed by atoms with van der Waals surface area (Å²) >= 11 is 5.86. The van der Waals surface area contributed by atoms with Gasteiger partial charge < -0.3 is 9.88 Å². The fraction of sp³-hybridized carbons (Fsp3) is 0.357. The molecule has 0 atom stereocenters. The van der Waals surface area contributed by atoms with Crippen molar-refractivity contribution in [2.75, 3.05) is 13.1 Å². The SMILES string of the molecule is CCNCCc1cn(Cc2ccc(Cl)cc2)cn1. The smallest absolute Gasteiger partial charge is 0.0952 e. The van der Waals surface area contributed by atoms with Gasteiger partial charge in [0, 0.05) is 30.7 Å². The Bertz CT molecular complexity index is 476. The third-order valence-corrected chi connectivity index (χ3v) is 3.03. The van der Waals surface area contributed by atoms with Crippen LogP contribution in [0.25, 0.3) is 0 Å². The third kappa shape index (κ3) is 3.86. The first-order valence-corrected chi connectivity index (χ1v) is 6.61.